The second-order valence-corrected chi connectivity index (χ2v) is 5.81. The van der Waals surface area contributed by atoms with Gasteiger partial charge in [0, 0.05) is 29.9 Å². The topological polar surface area (TPSA) is 80.9 Å². The SMILES string of the molecule is N[C@@H](Cc1cscn1)C(=O)Nc1ccc(-c2ccncc2)cc1. The predicted octanol–water partition coefficient (Wildman–Crippen LogP) is 2.71. The van der Waals surface area contributed by atoms with Gasteiger partial charge in [-0.15, -0.1) is 11.3 Å². The van der Waals surface area contributed by atoms with Gasteiger partial charge in [0.1, 0.15) is 0 Å². The molecule has 0 fully saturated rings. The number of benzene rings is 1. The lowest BCUT2D eigenvalue weighted by Gasteiger charge is -2.11. The molecule has 0 spiro atoms. The highest BCUT2D eigenvalue weighted by Gasteiger charge is 2.15. The van der Waals surface area contributed by atoms with Crippen LogP contribution in [-0.4, -0.2) is 21.9 Å². The lowest BCUT2D eigenvalue weighted by molar-refractivity contribution is -0.117. The number of anilines is 1. The van der Waals surface area contributed by atoms with Gasteiger partial charge in [-0.2, -0.15) is 0 Å². The molecule has 0 aliphatic rings. The first-order chi connectivity index (χ1) is 11.2. The minimum Gasteiger partial charge on any atom is -0.325 e. The van der Waals surface area contributed by atoms with Gasteiger partial charge in [-0.05, 0) is 35.4 Å². The number of hydrogen-bond acceptors (Lipinski definition) is 5. The van der Waals surface area contributed by atoms with Crippen molar-refractivity contribution in [1.29, 1.82) is 0 Å². The molecule has 0 aliphatic carbocycles. The number of amides is 1. The quantitative estimate of drug-likeness (QED) is 0.756. The summed E-state index contributed by atoms with van der Waals surface area (Å²) in [7, 11) is 0. The Morgan fingerprint density at radius 2 is 1.83 bits per heavy atom. The number of aromatic nitrogens is 2. The zero-order valence-corrected chi connectivity index (χ0v) is 13.2. The summed E-state index contributed by atoms with van der Waals surface area (Å²) in [6.07, 6.45) is 3.94. The molecule has 6 heteroatoms. The van der Waals surface area contributed by atoms with Crippen LogP contribution in [0.1, 0.15) is 5.69 Å². The molecule has 116 valence electrons. The van der Waals surface area contributed by atoms with E-state index in [1.165, 1.54) is 11.3 Å². The summed E-state index contributed by atoms with van der Waals surface area (Å²) in [5.41, 5.74) is 11.4. The van der Waals surface area contributed by atoms with Crippen LogP contribution in [0.2, 0.25) is 0 Å². The fraction of sp³-hybridized carbons (Fsp3) is 0.118. The van der Waals surface area contributed by atoms with Gasteiger partial charge in [0.05, 0.1) is 17.2 Å². The van der Waals surface area contributed by atoms with Crippen molar-refractivity contribution in [2.45, 2.75) is 12.5 Å². The molecule has 0 bridgehead atoms. The molecule has 3 rings (SSSR count). The van der Waals surface area contributed by atoms with Crippen molar-refractivity contribution in [3.63, 3.8) is 0 Å². The number of nitrogens with zero attached hydrogens (tertiary/aromatic N) is 2. The van der Waals surface area contributed by atoms with Gasteiger partial charge in [0.25, 0.3) is 0 Å². The molecular weight excluding hydrogens is 308 g/mol. The van der Waals surface area contributed by atoms with Crippen LogP contribution in [-0.2, 0) is 11.2 Å². The predicted molar refractivity (Wildman–Crippen MR) is 92.1 cm³/mol. The molecule has 2 heterocycles. The van der Waals surface area contributed by atoms with Crippen LogP contribution in [0.5, 0.6) is 0 Å². The Morgan fingerprint density at radius 3 is 2.48 bits per heavy atom. The van der Waals surface area contributed by atoms with Crippen molar-refractivity contribution >= 4 is 22.9 Å². The number of nitrogens with one attached hydrogen (secondary N) is 1. The van der Waals surface area contributed by atoms with E-state index in [0.29, 0.717) is 6.42 Å². The Balaban J connectivity index is 1.62. The number of carbonyl (C=O) groups excluding carboxylic acids is 1. The molecule has 5 nitrogen and oxygen atoms in total. The van der Waals surface area contributed by atoms with Gasteiger partial charge in [0.2, 0.25) is 5.91 Å². The molecule has 0 aliphatic heterocycles. The molecule has 1 amide bonds. The van der Waals surface area contributed by atoms with E-state index in [0.717, 1.165) is 22.5 Å². The largest absolute Gasteiger partial charge is 0.325 e. The summed E-state index contributed by atoms with van der Waals surface area (Å²) in [6.45, 7) is 0. The average Bonchev–Trinajstić information content (AvgIpc) is 3.09. The van der Waals surface area contributed by atoms with Crippen LogP contribution in [0.3, 0.4) is 0 Å². The van der Waals surface area contributed by atoms with E-state index in [1.54, 1.807) is 17.9 Å². The average molecular weight is 324 g/mol. The van der Waals surface area contributed by atoms with Crippen LogP contribution in [0.15, 0.2) is 59.7 Å². The summed E-state index contributed by atoms with van der Waals surface area (Å²) in [5.74, 6) is -0.213. The van der Waals surface area contributed by atoms with E-state index >= 15 is 0 Å². The molecule has 1 aromatic carbocycles. The lowest BCUT2D eigenvalue weighted by atomic mass is 10.1. The van der Waals surface area contributed by atoms with Crippen molar-refractivity contribution in [1.82, 2.24) is 9.97 Å². The first kappa shape index (κ1) is 15.3. The molecule has 0 radical (unpaired) electrons. The smallest absolute Gasteiger partial charge is 0.241 e. The zero-order valence-electron chi connectivity index (χ0n) is 12.3. The Morgan fingerprint density at radius 1 is 1.13 bits per heavy atom. The highest BCUT2D eigenvalue weighted by Crippen LogP contribution is 2.20. The van der Waals surface area contributed by atoms with Crippen molar-refractivity contribution in [2.75, 3.05) is 5.32 Å². The van der Waals surface area contributed by atoms with Crippen molar-refractivity contribution in [3.05, 3.63) is 65.4 Å². The fourth-order valence-electron chi connectivity index (χ4n) is 2.18. The highest BCUT2D eigenvalue weighted by atomic mass is 32.1. The normalized spacial score (nSPS) is 11.9. The molecule has 23 heavy (non-hydrogen) atoms. The number of carbonyl (C=O) groups is 1. The highest BCUT2D eigenvalue weighted by molar-refractivity contribution is 7.07. The van der Waals surface area contributed by atoms with Crippen molar-refractivity contribution in [3.8, 4) is 11.1 Å². The second-order valence-electron chi connectivity index (χ2n) is 5.09. The number of pyridine rings is 1. The molecule has 0 saturated carbocycles. The number of rotatable bonds is 5. The first-order valence-corrected chi connectivity index (χ1v) is 8.10. The van der Waals surface area contributed by atoms with Gasteiger partial charge in [0.15, 0.2) is 0 Å². The molecule has 0 saturated heterocycles. The molecule has 3 aromatic rings. The van der Waals surface area contributed by atoms with E-state index in [-0.39, 0.29) is 5.91 Å². The zero-order chi connectivity index (χ0) is 16.1. The second kappa shape index (κ2) is 7.13. The maximum atomic E-state index is 12.1. The van der Waals surface area contributed by atoms with Crippen LogP contribution in [0, 0.1) is 0 Å². The Labute approximate surface area is 138 Å². The van der Waals surface area contributed by atoms with E-state index in [1.807, 2.05) is 41.8 Å². The van der Waals surface area contributed by atoms with Gasteiger partial charge >= 0.3 is 0 Å². The summed E-state index contributed by atoms with van der Waals surface area (Å²) in [6, 6.07) is 10.9. The Hall–Kier alpha value is -2.57. The molecule has 1 atom stereocenters. The van der Waals surface area contributed by atoms with E-state index in [9.17, 15) is 4.79 Å². The van der Waals surface area contributed by atoms with E-state index in [4.69, 9.17) is 5.73 Å². The van der Waals surface area contributed by atoms with Crippen LogP contribution < -0.4 is 11.1 Å². The molecular formula is C17H16N4OS. The Bertz CT molecular complexity index is 757. The fourth-order valence-corrected chi connectivity index (χ4v) is 2.75. The standard InChI is InChI=1S/C17H16N4OS/c18-16(9-15-10-23-11-20-15)17(22)21-14-3-1-12(2-4-14)13-5-7-19-8-6-13/h1-8,10-11,16H,9,18H2,(H,21,22)/t16-/m0/s1. The monoisotopic (exact) mass is 324 g/mol. The summed E-state index contributed by atoms with van der Waals surface area (Å²) >= 11 is 1.49. The summed E-state index contributed by atoms with van der Waals surface area (Å²) < 4.78 is 0. The molecule has 3 N–H and O–H groups in total. The van der Waals surface area contributed by atoms with Crippen LogP contribution >= 0.6 is 11.3 Å². The Kier molecular flexibility index (Phi) is 4.75. The third-order valence-electron chi connectivity index (χ3n) is 3.42. The van der Waals surface area contributed by atoms with Gasteiger partial charge < -0.3 is 11.1 Å². The van der Waals surface area contributed by atoms with Gasteiger partial charge in [-0.3, -0.25) is 9.78 Å². The van der Waals surface area contributed by atoms with Gasteiger partial charge in [-0.1, -0.05) is 12.1 Å². The number of nitrogens with two attached hydrogens (primary N) is 1. The third-order valence-corrected chi connectivity index (χ3v) is 4.05. The first-order valence-electron chi connectivity index (χ1n) is 7.16. The summed E-state index contributed by atoms with van der Waals surface area (Å²) in [4.78, 5) is 20.3. The van der Waals surface area contributed by atoms with Crippen molar-refractivity contribution < 1.29 is 4.79 Å². The van der Waals surface area contributed by atoms with E-state index < -0.39 is 6.04 Å². The molecule has 0 unspecified atom stereocenters. The van der Waals surface area contributed by atoms with Crippen LogP contribution in [0.4, 0.5) is 5.69 Å². The van der Waals surface area contributed by atoms with Crippen LogP contribution in [0.25, 0.3) is 11.1 Å². The number of thiazole rings is 1. The third kappa shape index (κ3) is 4.00. The number of hydrogen-bond donors (Lipinski definition) is 2. The van der Waals surface area contributed by atoms with Gasteiger partial charge in [-0.25, -0.2) is 4.98 Å². The van der Waals surface area contributed by atoms with Crippen molar-refractivity contribution in [2.24, 2.45) is 5.73 Å². The summed E-state index contributed by atoms with van der Waals surface area (Å²) in [5, 5.41) is 4.73. The minimum absolute atomic E-state index is 0.213. The lowest BCUT2D eigenvalue weighted by Crippen LogP contribution is -2.37. The maximum absolute atomic E-state index is 12.1. The minimum atomic E-state index is -0.614. The maximum Gasteiger partial charge on any atom is 0.241 e. The molecule has 2 aromatic heterocycles. The van der Waals surface area contributed by atoms with E-state index in [2.05, 4.69) is 15.3 Å².